The Morgan fingerprint density at radius 1 is 1.07 bits per heavy atom. The molecule has 2 aromatic carbocycles. The van der Waals surface area contributed by atoms with E-state index in [9.17, 15) is 4.79 Å². The van der Waals surface area contributed by atoms with E-state index in [1.54, 1.807) is 11.3 Å². The highest BCUT2D eigenvalue weighted by atomic mass is 32.1. The standard InChI is InChI=1S/C22H24N4OS/c1-25(20-11-14-26(15-12-20)22-23-13-16-28-22)21(27)24-19-9-7-18(8-10-19)17-5-3-2-4-6-17/h2-10,13,16,20H,11-12,14-15H2,1H3,(H,24,27). The maximum atomic E-state index is 12.7. The zero-order chi connectivity index (χ0) is 19.3. The van der Waals surface area contributed by atoms with Crippen LogP contribution in [-0.2, 0) is 0 Å². The molecule has 0 atom stereocenters. The van der Waals surface area contributed by atoms with E-state index >= 15 is 0 Å². The molecule has 0 radical (unpaired) electrons. The van der Waals surface area contributed by atoms with Crippen LogP contribution in [0.4, 0.5) is 15.6 Å². The van der Waals surface area contributed by atoms with Crippen LogP contribution in [0.25, 0.3) is 11.1 Å². The van der Waals surface area contributed by atoms with Crippen molar-refractivity contribution < 1.29 is 4.79 Å². The monoisotopic (exact) mass is 392 g/mol. The number of thiazole rings is 1. The molecule has 28 heavy (non-hydrogen) atoms. The number of anilines is 2. The summed E-state index contributed by atoms with van der Waals surface area (Å²) in [6.07, 6.45) is 3.75. The Bertz CT molecular complexity index is 888. The Hall–Kier alpha value is -2.86. The molecule has 2 heterocycles. The second-order valence-corrected chi connectivity index (χ2v) is 7.89. The van der Waals surface area contributed by atoms with Gasteiger partial charge in [0.1, 0.15) is 0 Å². The number of benzene rings is 2. The average Bonchev–Trinajstić information content (AvgIpc) is 3.29. The van der Waals surface area contributed by atoms with Crippen molar-refractivity contribution in [2.75, 3.05) is 30.4 Å². The SMILES string of the molecule is CN(C(=O)Nc1ccc(-c2ccccc2)cc1)C1CCN(c2nccs2)CC1. The van der Waals surface area contributed by atoms with Crippen LogP contribution in [0.15, 0.2) is 66.2 Å². The smallest absolute Gasteiger partial charge is 0.321 e. The molecular formula is C22H24N4OS. The van der Waals surface area contributed by atoms with Gasteiger partial charge in [-0.15, -0.1) is 11.3 Å². The van der Waals surface area contributed by atoms with Crippen LogP contribution in [0.1, 0.15) is 12.8 Å². The Labute approximate surface area is 169 Å². The minimum absolute atomic E-state index is 0.0554. The molecule has 4 rings (SSSR count). The highest BCUT2D eigenvalue weighted by Gasteiger charge is 2.26. The molecule has 0 unspecified atom stereocenters. The lowest BCUT2D eigenvalue weighted by Gasteiger charge is -2.36. The molecule has 6 heteroatoms. The zero-order valence-electron chi connectivity index (χ0n) is 15.9. The van der Waals surface area contributed by atoms with E-state index in [4.69, 9.17) is 0 Å². The van der Waals surface area contributed by atoms with Crippen LogP contribution in [0, 0.1) is 0 Å². The summed E-state index contributed by atoms with van der Waals surface area (Å²) in [5, 5.41) is 6.10. The van der Waals surface area contributed by atoms with Crippen molar-refractivity contribution in [3.8, 4) is 11.1 Å². The first-order valence-corrected chi connectivity index (χ1v) is 10.4. The number of hydrogen-bond donors (Lipinski definition) is 1. The Morgan fingerprint density at radius 3 is 2.39 bits per heavy atom. The van der Waals surface area contributed by atoms with Gasteiger partial charge < -0.3 is 15.1 Å². The molecule has 1 saturated heterocycles. The summed E-state index contributed by atoms with van der Waals surface area (Å²) >= 11 is 1.67. The van der Waals surface area contributed by atoms with Crippen molar-refractivity contribution in [3.63, 3.8) is 0 Å². The first kappa shape index (κ1) is 18.5. The second-order valence-electron chi connectivity index (χ2n) is 7.02. The van der Waals surface area contributed by atoms with Gasteiger partial charge in [0.2, 0.25) is 0 Å². The van der Waals surface area contributed by atoms with E-state index < -0.39 is 0 Å². The minimum Gasteiger partial charge on any atom is -0.348 e. The number of urea groups is 1. The van der Waals surface area contributed by atoms with Gasteiger partial charge in [0.05, 0.1) is 0 Å². The molecular weight excluding hydrogens is 368 g/mol. The number of piperidine rings is 1. The summed E-state index contributed by atoms with van der Waals surface area (Å²) in [6, 6.07) is 18.4. The van der Waals surface area contributed by atoms with Crippen molar-refractivity contribution in [2.24, 2.45) is 0 Å². The molecule has 1 fully saturated rings. The van der Waals surface area contributed by atoms with Crippen molar-refractivity contribution in [3.05, 3.63) is 66.2 Å². The number of carbonyl (C=O) groups is 1. The Kier molecular flexibility index (Phi) is 5.58. The van der Waals surface area contributed by atoms with Gasteiger partial charge in [0.25, 0.3) is 0 Å². The summed E-state index contributed by atoms with van der Waals surface area (Å²) in [5.41, 5.74) is 3.13. The number of rotatable bonds is 4. The van der Waals surface area contributed by atoms with Gasteiger partial charge >= 0.3 is 6.03 Å². The lowest BCUT2D eigenvalue weighted by Crippen LogP contribution is -2.47. The minimum atomic E-state index is -0.0554. The largest absolute Gasteiger partial charge is 0.348 e. The third kappa shape index (κ3) is 4.17. The molecule has 1 N–H and O–H groups in total. The number of nitrogens with one attached hydrogen (secondary N) is 1. The molecule has 144 valence electrons. The van der Waals surface area contributed by atoms with E-state index in [1.165, 1.54) is 5.56 Å². The fourth-order valence-corrected chi connectivity index (χ4v) is 4.27. The first-order valence-electron chi connectivity index (χ1n) is 9.54. The van der Waals surface area contributed by atoms with E-state index in [1.807, 2.05) is 66.0 Å². The number of amides is 2. The van der Waals surface area contributed by atoms with Crippen LogP contribution in [0.2, 0.25) is 0 Å². The molecule has 0 saturated carbocycles. The lowest BCUT2D eigenvalue weighted by molar-refractivity contribution is 0.193. The second kappa shape index (κ2) is 8.44. The van der Waals surface area contributed by atoms with Gasteiger partial charge in [0.15, 0.2) is 5.13 Å². The quantitative estimate of drug-likeness (QED) is 0.684. The third-order valence-corrected chi connectivity index (χ3v) is 6.10. The summed E-state index contributed by atoms with van der Waals surface area (Å²) in [5.74, 6) is 0. The summed E-state index contributed by atoms with van der Waals surface area (Å²) < 4.78 is 0. The predicted octanol–water partition coefficient (Wildman–Crippen LogP) is 4.94. The van der Waals surface area contributed by atoms with E-state index in [-0.39, 0.29) is 12.1 Å². The molecule has 3 aromatic rings. The van der Waals surface area contributed by atoms with Crippen LogP contribution in [-0.4, -0.2) is 42.1 Å². The van der Waals surface area contributed by atoms with E-state index in [0.29, 0.717) is 0 Å². The van der Waals surface area contributed by atoms with Gasteiger partial charge in [-0.1, -0.05) is 42.5 Å². The maximum absolute atomic E-state index is 12.7. The van der Waals surface area contributed by atoms with Crippen LogP contribution >= 0.6 is 11.3 Å². The predicted molar refractivity (Wildman–Crippen MR) is 116 cm³/mol. The van der Waals surface area contributed by atoms with E-state index in [0.717, 1.165) is 42.3 Å². The van der Waals surface area contributed by atoms with Crippen molar-refractivity contribution in [1.29, 1.82) is 0 Å². The van der Waals surface area contributed by atoms with Gasteiger partial charge in [-0.2, -0.15) is 0 Å². The Balaban J connectivity index is 1.32. The molecule has 0 spiro atoms. The maximum Gasteiger partial charge on any atom is 0.321 e. The summed E-state index contributed by atoms with van der Waals surface area (Å²) in [7, 11) is 1.89. The summed E-state index contributed by atoms with van der Waals surface area (Å²) in [6.45, 7) is 1.86. The average molecular weight is 393 g/mol. The molecule has 0 bridgehead atoms. The Morgan fingerprint density at radius 2 is 1.75 bits per heavy atom. The number of carbonyl (C=O) groups excluding carboxylic acids is 1. The molecule has 1 aliphatic heterocycles. The first-order chi connectivity index (χ1) is 13.7. The van der Waals surface area contributed by atoms with Gasteiger partial charge in [-0.3, -0.25) is 0 Å². The molecule has 1 aliphatic rings. The molecule has 5 nitrogen and oxygen atoms in total. The van der Waals surface area contributed by atoms with Crippen molar-refractivity contribution in [1.82, 2.24) is 9.88 Å². The van der Waals surface area contributed by atoms with E-state index in [2.05, 4.69) is 27.3 Å². The number of nitrogens with zero attached hydrogens (tertiary/aromatic N) is 3. The molecule has 1 aromatic heterocycles. The van der Waals surface area contributed by atoms with Crippen molar-refractivity contribution in [2.45, 2.75) is 18.9 Å². The van der Waals surface area contributed by atoms with Crippen LogP contribution in [0.3, 0.4) is 0 Å². The zero-order valence-corrected chi connectivity index (χ0v) is 16.7. The third-order valence-electron chi connectivity index (χ3n) is 5.27. The fourth-order valence-electron chi connectivity index (χ4n) is 3.57. The topological polar surface area (TPSA) is 48.5 Å². The van der Waals surface area contributed by atoms with Gasteiger partial charge in [-0.25, -0.2) is 9.78 Å². The highest BCUT2D eigenvalue weighted by Crippen LogP contribution is 2.25. The van der Waals surface area contributed by atoms with Crippen LogP contribution < -0.4 is 10.2 Å². The summed E-state index contributed by atoms with van der Waals surface area (Å²) in [4.78, 5) is 21.2. The van der Waals surface area contributed by atoms with Crippen molar-refractivity contribution >= 4 is 28.2 Å². The normalized spacial score (nSPS) is 14.7. The highest BCUT2D eigenvalue weighted by molar-refractivity contribution is 7.13. The lowest BCUT2D eigenvalue weighted by atomic mass is 10.0. The van der Waals surface area contributed by atoms with Gasteiger partial charge in [-0.05, 0) is 36.1 Å². The molecule has 2 amide bonds. The van der Waals surface area contributed by atoms with Gasteiger partial charge in [0, 0.05) is 43.4 Å². The molecule has 0 aliphatic carbocycles. The fraction of sp³-hybridized carbons (Fsp3) is 0.273. The number of hydrogen-bond acceptors (Lipinski definition) is 4. The van der Waals surface area contributed by atoms with Crippen LogP contribution in [0.5, 0.6) is 0 Å². The number of aromatic nitrogens is 1.